The molecule has 5 nitrogen and oxygen atoms in total. The Bertz CT molecular complexity index is 590. The molecule has 0 aliphatic heterocycles. The van der Waals surface area contributed by atoms with Gasteiger partial charge in [0.05, 0.1) is 19.4 Å². The lowest BCUT2D eigenvalue weighted by molar-refractivity contribution is -0.142. The van der Waals surface area contributed by atoms with Gasteiger partial charge >= 0.3 is 6.18 Å². The Balaban J connectivity index is 2.19. The first-order chi connectivity index (χ1) is 9.89. The second-order valence-corrected chi connectivity index (χ2v) is 4.33. The third kappa shape index (κ3) is 4.12. The number of halogens is 3. The zero-order chi connectivity index (χ0) is 15.5. The van der Waals surface area contributed by atoms with Crippen molar-refractivity contribution in [2.24, 2.45) is 5.73 Å². The summed E-state index contributed by atoms with van der Waals surface area (Å²) >= 11 is 0. The Hall–Kier alpha value is -2.22. The highest BCUT2D eigenvalue weighted by atomic mass is 19.4. The lowest BCUT2D eigenvalue weighted by Crippen LogP contribution is -2.38. The molecule has 0 saturated carbocycles. The van der Waals surface area contributed by atoms with E-state index in [-0.39, 0.29) is 24.6 Å². The van der Waals surface area contributed by atoms with Crippen molar-refractivity contribution in [2.75, 3.05) is 6.54 Å². The summed E-state index contributed by atoms with van der Waals surface area (Å²) in [5, 5.41) is 0. The van der Waals surface area contributed by atoms with Crippen molar-refractivity contribution in [3.8, 4) is 0 Å². The highest BCUT2D eigenvalue weighted by Gasteiger charge is 2.34. The fraction of sp³-hybridized carbons (Fsp3) is 0.308. The van der Waals surface area contributed by atoms with Gasteiger partial charge in [0.15, 0.2) is 5.76 Å². The second kappa shape index (κ2) is 6.04. The van der Waals surface area contributed by atoms with E-state index >= 15 is 0 Å². The van der Waals surface area contributed by atoms with Crippen molar-refractivity contribution < 1.29 is 26.8 Å². The van der Waals surface area contributed by atoms with Gasteiger partial charge in [0.2, 0.25) is 0 Å². The number of carbonyl (C=O) groups is 1. The monoisotopic (exact) mass is 302 g/mol. The van der Waals surface area contributed by atoms with Gasteiger partial charge in [-0.05, 0) is 24.3 Å². The highest BCUT2D eigenvalue weighted by Crippen LogP contribution is 2.21. The molecule has 114 valence electrons. The first-order valence-corrected chi connectivity index (χ1v) is 6.06. The summed E-state index contributed by atoms with van der Waals surface area (Å²) in [5.41, 5.74) is 5.34. The zero-order valence-corrected chi connectivity index (χ0v) is 10.9. The average Bonchev–Trinajstić information content (AvgIpc) is 3.06. The van der Waals surface area contributed by atoms with Crippen LogP contribution in [-0.4, -0.2) is 23.5 Å². The van der Waals surface area contributed by atoms with Crippen molar-refractivity contribution in [1.82, 2.24) is 4.90 Å². The summed E-state index contributed by atoms with van der Waals surface area (Å²) in [5.74, 6) is -0.490. The van der Waals surface area contributed by atoms with Crippen LogP contribution in [0.1, 0.15) is 22.1 Å². The number of hydrogen-bond acceptors (Lipinski definition) is 4. The zero-order valence-electron chi connectivity index (χ0n) is 10.9. The fourth-order valence-electron chi connectivity index (χ4n) is 1.76. The maximum absolute atomic E-state index is 12.6. The Morgan fingerprint density at radius 3 is 2.52 bits per heavy atom. The third-order valence-electron chi connectivity index (χ3n) is 2.66. The minimum Gasteiger partial charge on any atom is -0.467 e. The van der Waals surface area contributed by atoms with Crippen molar-refractivity contribution in [3.05, 3.63) is 47.8 Å². The van der Waals surface area contributed by atoms with Crippen LogP contribution in [0.2, 0.25) is 0 Å². The van der Waals surface area contributed by atoms with E-state index in [9.17, 15) is 18.0 Å². The molecule has 2 aromatic heterocycles. The van der Waals surface area contributed by atoms with Gasteiger partial charge in [-0.1, -0.05) is 0 Å². The van der Waals surface area contributed by atoms with Gasteiger partial charge in [0.25, 0.3) is 5.91 Å². The predicted molar refractivity (Wildman–Crippen MR) is 66.1 cm³/mol. The Morgan fingerprint density at radius 1 is 1.24 bits per heavy atom. The lowest BCUT2D eigenvalue weighted by Gasteiger charge is -2.21. The number of nitrogens with two attached hydrogens (primary N) is 1. The maximum atomic E-state index is 12.6. The molecular weight excluding hydrogens is 289 g/mol. The van der Waals surface area contributed by atoms with Crippen LogP contribution in [-0.2, 0) is 13.1 Å². The summed E-state index contributed by atoms with van der Waals surface area (Å²) in [4.78, 5) is 12.7. The normalized spacial score (nSPS) is 11.6. The summed E-state index contributed by atoms with van der Waals surface area (Å²) in [6.07, 6.45) is -3.20. The molecule has 0 spiro atoms. The predicted octanol–water partition coefficient (Wildman–Crippen LogP) is 2.54. The molecular formula is C13H13F3N2O3. The van der Waals surface area contributed by atoms with Crippen LogP contribution in [0.3, 0.4) is 0 Å². The van der Waals surface area contributed by atoms with E-state index in [2.05, 4.69) is 0 Å². The van der Waals surface area contributed by atoms with Gasteiger partial charge in [-0.25, -0.2) is 0 Å². The molecule has 1 amide bonds. The molecule has 0 bridgehead atoms. The number of rotatable bonds is 5. The van der Waals surface area contributed by atoms with E-state index in [0.29, 0.717) is 10.7 Å². The second-order valence-electron chi connectivity index (χ2n) is 4.33. The number of furan rings is 2. The molecule has 0 saturated heterocycles. The molecule has 0 aliphatic rings. The van der Waals surface area contributed by atoms with E-state index in [1.807, 2.05) is 0 Å². The standard InChI is InChI=1S/C13H13F3N2O3/c14-13(15,16)8-18(7-10-2-1-5-20-10)12(19)11-4-3-9(6-17)21-11/h1-5H,6-8,17H2. The van der Waals surface area contributed by atoms with Crippen molar-refractivity contribution in [3.63, 3.8) is 0 Å². The number of amides is 1. The average molecular weight is 302 g/mol. The fourth-order valence-corrected chi connectivity index (χ4v) is 1.76. The molecule has 2 rings (SSSR count). The molecule has 0 unspecified atom stereocenters. The summed E-state index contributed by atoms with van der Waals surface area (Å²) < 4.78 is 47.9. The molecule has 0 aromatic carbocycles. The summed E-state index contributed by atoms with van der Waals surface area (Å²) in [7, 11) is 0. The van der Waals surface area contributed by atoms with Gasteiger partial charge in [-0.15, -0.1) is 0 Å². The van der Waals surface area contributed by atoms with Crippen molar-refractivity contribution >= 4 is 5.91 Å². The van der Waals surface area contributed by atoms with Gasteiger partial charge in [0, 0.05) is 0 Å². The first-order valence-electron chi connectivity index (χ1n) is 6.06. The topological polar surface area (TPSA) is 72.6 Å². The Labute approximate surface area is 118 Å². The quantitative estimate of drug-likeness (QED) is 0.921. The largest absolute Gasteiger partial charge is 0.467 e. The lowest BCUT2D eigenvalue weighted by atomic mass is 10.3. The van der Waals surface area contributed by atoms with Gasteiger partial charge < -0.3 is 19.5 Å². The van der Waals surface area contributed by atoms with Crippen LogP contribution in [0, 0.1) is 0 Å². The minimum absolute atomic E-state index is 0.0603. The van der Waals surface area contributed by atoms with Crippen LogP contribution in [0.25, 0.3) is 0 Å². The highest BCUT2D eigenvalue weighted by molar-refractivity contribution is 5.91. The van der Waals surface area contributed by atoms with E-state index < -0.39 is 18.6 Å². The third-order valence-corrected chi connectivity index (χ3v) is 2.66. The number of nitrogens with zero attached hydrogens (tertiary/aromatic N) is 1. The van der Waals surface area contributed by atoms with E-state index in [1.165, 1.54) is 30.5 Å². The van der Waals surface area contributed by atoms with Crippen molar-refractivity contribution in [2.45, 2.75) is 19.3 Å². The molecule has 2 heterocycles. The first kappa shape index (κ1) is 15.2. The Morgan fingerprint density at radius 2 is 2.00 bits per heavy atom. The number of alkyl halides is 3. The molecule has 0 aliphatic carbocycles. The molecule has 0 atom stereocenters. The van der Waals surface area contributed by atoms with Crippen molar-refractivity contribution in [1.29, 1.82) is 0 Å². The smallest absolute Gasteiger partial charge is 0.406 e. The minimum atomic E-state index is -4.52. The molecule has 8 heteroatoms. The van der Waals surface area contributed by atoms with E-state index in [1.54, 1.807) is 0 Å². The van der Waals surface area contributed by atoms with Crippen LogP contribution >= 0.6 is 0 Å². The number of carbonyl (C=O) groups excluding carboxylic acids is 1. The molecule has 2 aromatic rings. The molecule has 21 heavy (non-hydrogen) atoms. The van der Waals surface area contributed by atoms with E-state index in [0.717, 1.165) is 0 Å². The summed E-state index contributed by atoms with van der Waals surface area (Å²) in [6, 6.07) is 5.77. The van der Waals surface area contributed by atoms with E-state index in [4.69, 9.17) is 14.6 Å². The Kier molecular flexibility index (Phi) is 4.37. The molecule has 0 fully saturated rings. The van der Waals surface area contributed by atoms with Gasteiger partial charge in [-0.2, -0.15) is 13.2 Å². The van der Waals surface area contributed by atoms with Crippen LogP contribution in [0.4, 0.5) is 13.2 Å². The summed E-state index contributed by atoms with van der Waals surface area (Å²) in [6.45, 7) is -1.64. The molecule has 2 N–H and O–H groups in total. The van der Waals surface area contributed by atoms with Crippen LogP contribution in [0.5, 0.6) is 0 Å². The molecule has 0 radical (unpaired) electrons. The maximum Gasteiger partial charge on any atom is 0.406 e. The SMILES string of the molecule is NCc1ccc(C(=O)N(Cc2ccco2)CC(F)(F)F)o1. The van der Waals surface area contributed by atoms with Gasteiger partial charge in [0.1, 0.15) is 18.1 Å². The van der Waals surface area contributed by atoms with Crippen LogP contribution in [0.15, 0.2) is 39.4 Å². The van der Waals surface area contributed by atoms with Crippen LogP contribution < -0.4 is 5.73 Å². The van der Waals surface area contributed by atoms with Gasteiger partial charge in [-0.3, -0.25) is 4.79 Å². The number of hydrogen-bond donors (Lipinski definition) is 1.